The van der Waals surface area contributed by atoms with E-state index in [0.29, 0.717) is 12.2 Å². The maximum absolute atomic E-state index is 11.0. The van der Waals surface area contributed by atoms with Crippen molar-refractivity contribution in [2.45, 2.75) is 0 Å². The Bertz CT molecular complexity index is 574. The summed E-state index contributed by atoms with van der Waals surface area (Å²) in [6, 6.07) is 7.41. The first-order chi connectivity index (χ1) is 8.74. The van der Waals surface area contributed by atoms with Crippen molar-refractivity contribution >= 4 is 34.0 Å². The average Bonchev–Trinajstić information content (AvgIpc) is 2.38. The Labute approximate surface area is 109 Å². The summed E-state index contributed by atoms with van der Waals surface area (Å²) in [5, 5.41) is 14.9. The molecule has 0 spiro atoms. The molecule has 0 aliphatic heterocycles. The number of anilines is 1. The lowest BCUT2D eigenvalue weighted by Crippen LogP contribution is -2.07. The number of nitrogens with one attached hydrogen (secondary N) is 1. The van der Waals surface area contributed by atoms with Crippen LogP contribution >= 0.6 is 11.8 Å². The van der Waals surface area contributed by atoms with E-state index in [-0.39, 0.29) is 5.69 Å². The molecule has 1 N–H and O–H groups in total. The van der Waals surface area contributed by atoms with Gasteiger partial charge in [0, 0.05) is 17.7 Å². The highest BCUT2D eigenvalue weighted by Crippen LogP contribution is 2.31. The van der Waals surface area contributed by atoms with Gasteiger partial charge in [0.15, 0.2) is 0 Å². The van der Waals surface area contributed by atoms with Crippen LogP contribution in [0.2, 0.25) is 0 Å². The molecular weight excluding hydrogens is 250 g/mol. The lowest BCUT2D eigenvalue weighted by atomic mass is 10.1. The molecule has 0 aliphatic carbocycles. The molecule has 1 aromatic heterocycles. The van der Waals surface area contributed by atoms with Crippen LogP contribution in [-0.4, -0.2) is 28.5 Å². The van der Waals surface area contributed by atoms with Crippen molar-refractivity contribution in [2.75, 3.05) is 23.9 Å². The third-order valence-electron chi connectivity index (χ3n) is 2.56. The van der Waals surface area contributed by atoms with E-state index in [4.69, 9.17) is 0 Å². The fraction of sp³-hybridized carbons (Fsp3) is 0.250. The van der Waals surface area contributed by atoms with Crippen LogP contribution < -0.4 is 5.32 Å². The summed E-state index contributed by atoms with van der Waals surface area (Å²) in [6.45, 7) is 0.690. The van der Waals surface area contributed by atoms with Gasteiger partial charge < -0.3 is 5.32 Å². The number of thioether (sulfide) groups is 1. The second kappa shape index (κ2) is 5.68. The van der Waals surface area contributed by atoms with Gasteiger partial charge in [0.1, 0.15) is 11.9 Å². The molecule has 18 heavy (non-hydrogen) atoms. The summed E-state index contributed by atoms with van der Waals surface area (Å²) in [4.78, 5) is 14.7. The van der Waals surface area contributed by atoms with E-state index in [1.165, 1.54) is 6.20 Å². The quantitative estimate of drug-likeness (QED) is 0.510. The van der Waals surface area contributed by atoms with Gasteiger partial charge in [-0.3, -0.25) is 10.1 Å². The number of nitrogens with zero attached hydrogens (tertiary/aromatic N) is 2. The molecule has 1 aromatic carbocycles. The van der Waals surface area contributed by atoms with E-state index in [1.807, 2.05) is 30.5 Å². The van der Waals surface area contributed by atoms with Crippen molar-refractivity contribution in [1.82, 2.24) is 4.98 Å². The molecule has 0 saturated carbocycles. The molecule has 0 unspecified atom stereocenters. The summed E-state index contributed by atoms with van der Waals surface area (Å²) in [6.07, 6.45) is 3.31. The van der Waals surface area contributed by atoms with Gasteiger partial charge in [0.05, 0.1) is 10.4 Å². The highest BCUT2D eigenvalue weighted by Gasteiger charge is 2.17. The van der Waals surface area contributed by atoms with E-state index >= 15 is 0 Å². The van der Waals surface area contributed by atoms with Crippen LogP contribution in [0, 0.1) is 10.1 Å². The molecule has 0 amide bonds. The van der Waals surface area contributed by atoms with Gasteiger partial charge in [-0.15, -0.1) is 0 Å². The Kier molecular flexibility index (Phi) is 3.99. The molecule has 0 aliphatic rings. The fourth-order valence-electron chi connectivity index (χ4n) is 1.73. The molecule has 0 bridgehead atoms. The molecule has 94 valence electrons. The Morgan fingerprint density at radius 3 is 2.94 bits per heavy atom. The van der Waals surface area contributed by atoms with Crippen LogP contribution in [0.3, 0.4) is 0 Å². The number of fused-ring (bicyclic) bond motifs is 1. The van der Waals surface area contributed by atoms with Gasteiger partial charge in [-0.1, -0.05) is 18.2 Å². The lowest BCUT2D eigenvalue weighted by Gasteiger charge is -2.09. The number of hydrogen-bond acceptors (Lipinski definition) is 5. The second-order valence-corrected chi connectivity index (χ2v) is 4.70. The number of pyridine rings is 1. The van der Waals surface area contributed by atoms with Crippen LogP contribution in [0.5, 0.6) is 0 Å². The van der Waals surface area contributed by atoms with Gasteiger partial charge in [-0.2, -0.15) is 11.8 Å². The minimum absolute atomic E-state index is 0.0230. The first-order valence-electron chi connectivity index (χ1n) is 5.49. The van der Waals surface area contributed by atoms with Crippen molar-refractivity contribution < 1.29 is 4.92 Å². The zero-order chi connectivity index (χ0) is 13.0. The van der Waals surface area contributed by atoms with Crippen molar-refractivity contribution in [1.29, 1.82) is 0 Å². The predicted octanol–water partition coefficient (Wildman–Crippen LogP) is 2.92. The summed E-state index contributed by atoms with van der Waals surface area (Å²) in [7, 11) is 0. The van der Waals surface area contributed by atoms with Gasteiger partial charge in [-0.25, -0.2) is 4.98 Å². The van der Waals surface area contributed by atoms with E-state index in [0.717, 1.165) is 16.7 Å². The van der Waals surface area contributed by atoms with Crippen molar-refractivity contribution in [3.8, 4) is 0 Å². The van der Waals surface area contributed by atoms with Gasteiger partial charge >= 0.3 is 5.69 Å². The van der Waals surface area contributed by atoms with Crippen LogP contribution in [-0.2, 0) is 0 Å². The minimum atomic E-state index is -0.402. The van der Waals surface area contributed by atoms with Crippen molar-refractivity contribution in [3.05, 3.63) is 40.6 Å². The SMILES string of the molecule is CSCCNc1c([N+](=O)[O-])cnc2ccccc12. The van der Waals surface area contributed by atoms with Gasteiger partial charge in [-0.05, 0) is 12.3 Å². The largest absolute Gasteiger partial charge is 0.378 e. The Hall–Kier alpha value is -1.82. The highest BCUT2D eigenvalue weighted by atomic mass is 32.2. The van der Waals surface area contributed by atoms with Crippen LogP contribution in [0.4, 0.5) is 11.4 Å². The average molecular weight is 263 g/mol. The van der Waals surface area contributed by atoms with Crippen LogP contribution in [0.1, 0.15) is 0 Å². The fourth-order valence-corrected chi connectivity index (χ4v) is 2.04. The molecule has 2 rings (SSSR count). The van der Waals surface area contributed by atoms with Crippen molar-refractivity contribution in [3.63, 3.8) is 0 Å². The number of aromatic nitrogens is 1. The molecule has 2 aromatic rings. The Balaban J connectivity index is 2.48. The predicted molar refractivity (Wildman–Crippen MR) is 75.3 cm³/mol. The molecule has 0 fully saturated rings. The van der Waals surface area contributed by atoms with E-state index in [9.17, 15) is 10.1 Å². The standard InChI is InChI=1S/C12H13N3O2S/c1-18-7-6-13-12-9-4-2-3-5-10(9)14-8-11(12)15(16)17/h2-5,8H,6-7H2,1H3,(H,13,14). The number of rotatable bonds is 5. The van der Waals surface area contributed by atoms with Crippen molar-refractivity contribution in [2.24, 2.45) is 0 Å². The molecule has 0 radical (unpaired) electrons. The normalized spacial score (nSPS) is 10.5. The third kappa shape index (κ3) is 2.53. The van der Waals surface area contributed by atoms with E-state index < -0.39 is 4.92 Å². The Morgan fingerprint density at radius 2 is 2.22 bits per heavy atom. The minimum Gasteiger partial charge on any atom is -0.378 e. The number of nitro groups is 1. The zero-order valence-electron chi connectivity index (χ0n) is 9.92. The van der Waals surface area contributed by atoms with Crippen LogP contribution in [0.15, 0.2) is 30.5 Å². The lowest BCUT2D eigenvalue weighted by molar-refractivity contribution is -0.384. The van der Waals surface area contributed by atoms with E-state index in [2.05, 4.69) is 10.3 Å². The number of para-hydroxylation sites is 1. The highest BCUT2D eigenvalue weighted by molar-refractivity contribution is 7.98. The monoisotopic (exact) mass is 263 g/mol. The summed E-state index contributed by atoms with van der Waals surface area (Å²) < 4.78 is 0. The maximum atomic E-state index is 11.0. The molecule has 1 heterocycles. The smallest absolute Gasteiger partial charge is 0.311 e. The Morgan fingerprint density at radius 1 is 1.44 bits per heavy atom. The topological polar surface area (TPSA) is 68.1 Å². The molecular formula is C12H13N3O2S. The number of hydrogen-bond donors (Lipinski definition) is 1. The molecule has 0 atom stereocenters. The maximum Gasteiger partial charge on any atom is 0.311 e. The summed E-state index contributed by atoms with van der Waals surface area (Å²) in [5.74, 6) is 0.897. The first-order valence-corrected chi connectivity index (χ1v) is 6.88. The zero-order valence-corrected chi connectivity index (χ0v) is 10.7. The molecule has 5 nitrogen and oxygen atoms in total. The number of benzene rings is 1. The third-order valence-corrected chi connectivity index (χ3v) is 3.17. The van der Waals surface area contributed by atoms with Crippen LogP contribution in [0.25, 0.3) is 10.9 Å². The first kappa shape index (κ1) is 12.6. The molecule has 0 saturated heterocycles. The van der Waals surface area contributed by atoms with Gasteiger partial charge in [0.2, 0.25) is 0 Å². The molecule has 6 heteroatoms. The summed E-state index contributed by atoms with van der Waals surface area (Å²) >= 11 is 1.69. The van der Waals surface area contributed by atoms with Gasteiger partial charge in [0.25, 0.3) is 0 Å². The summed E-state index contributed by atoms with van der Waals surface area (Å²) in [5.41, 5.74) is 1.34. The van der Waals surface area contributed by atoms with E-state index in [1.54, 1.807) is 11.8 Å². The second-order valence-electron chi connectivity index (χ2n) is 3.71.